The van der Waals surface area contributed by atoms with Gasteiger partial charge in [0.15, 0.2) is 6.20 Å². The smallest absolute Gasteiger partial charge is 0.234 e. The summed E-state index contributed by atoms with van der Waals surface area (Å²) < 4.78 is 41.2. The molecule has 0 unspecified atom stereocenters. The summed E-state index contributed by atoms with van der Waals surface area (Å²) in [5, 5.41) is 4.15. The van der Waals surface area contributed by atoms with E-state index in [4.69, 9.17) is 0 Å². The van der Waals surface area contributed by atoms with Crippen molar-refractivity contribution in [3.8, 4) is 0 Å². The Bertz CT molecular complexity index is 1280. The number of anilines is 2. The zero-order valence-corrected chi connectivity index (χ0v) is 17.2. The van der Waals surface area contributed by atoms with Crippen molar-refractivity contribution in [1.82, 2.24) is 0 Å². The molecule has 0 saturated carbocycles. The highest BCUT2D eigenvalue weighted by Crippen LogP contribution is 2.39. The molecule has 1 heterocycles. The molecule has 146 valence electrons. The number of aromatic nitrogens is 1. The molecule has 0 aliphatic rings. The Morgan fingerprint density at radius 2 is 1.55 bits per heavy atom. The molecule has 0 spiro atoms. The van der Waals surface area contributed by atoms with Crippen molar-refractivity contribution in [2.75, 3.05) is 5.32 Å². The van der Waals surface area contributed by atoms with E-state index in [1.54, 1.807) is 48.7 Å². The molecule has 7 heteroatoms. The minimum absolute atomic E-state index is 0.244. The molecular formula is C22H18FN2O2S2+. The van der Waals surface area contributed by atoms with Crippen LogP contribution in [-0.4, -0.2) is 8.42 Å². The van der Waals surface area contributed by atoms with Crippen LogP contribution in [0.2, 0.25) is 0 Å². The van der Waals surface area contributed by atoms with Gasteiger partial charge >= 0.3 is 0 Å². The van der Waals surface area contributed by atoms with Gasteiger partial charge in [0.25, 0.3) is 0 Å². The molecule has 29 heavy (non-hydrogen) atoms. The summed E-state index contributed by atoms with van der Waals surface area (Å²) in [6, 6.07) is 22.0. The fraction of sp³-hybridized carbons (Fsp3) is 0.0455. The van der Waals surface area contributed by atoms with Crippen molar-refractivity contribution < 1.29 is 17.4 Å². The third-order valence-corrected chi connectivity index (χ3v) is 7.79. The maximum atomic E-state index is 13.3. The molecule has 0 amide bonds. The topological polar surface area (TPSA) is 50.0 Å². The molecule has 0 aliphatic heterocycles. The van der Waals surface area contributed by atoms with Crippen molar-refractivity contribution in [1.29, 1.82) is 0 Å². The van der Waals surface area contributed by atoms with Crippen molar-refractivity contribution in [3.63, 3.8) is 0 Å². The van der Waals surface area contributed by atoms with Crippen LogP contribution in [-0.2, 0) is 15.9 Å². The van der Waals surface area contributed by atoms with E-state index in [1.807, 2.05) is 35.9 Å². The van der Waals surface area contributed by atoms with Crippen LogP contribution in [0.3, 0.4) is 0 Å². The van der Waals surface area contributed by atoms with E-state index in [0.29, 0.717) is 16.3 Å². The van der Waals surface area contributed by atoms with E-state index in [0.717, 1.165) is 21.7 Å². The summed E-state index contributed by atoms with van der Waals surface area (Å²) >= 11 is 0. The van der Waals surface area contributed by atoms with E-state index in [-0.39, 0.29) is 10.7 Å². The van der Waals surface area contributed by atoms with Gasteiger partial charge in [-0.2, -0.15) is 4.57 Å². The highest BCUT2D eigenvalue weighted by Gasteiger charge is 2.24. The molecule has 0 radical (unpaired) electrons. The number of hydrogen-bond donors (Lipinski definition) is 1. The monoisotopic (exact) mass is 425 g/mol. The van der Waals surface area contributed by atoms with Crippen LogP contribution in [0.15, 0.2) is 94.9 Å². The summed E-state index contributed by atoms with van der Waals surface area (Å²) in [6.07, 6.45) is 1.79. The van der Waals surface area contributed by atoms with Gasteiger partial charge in [-0.25, -0.2) is 12.8 Å². The molecule has 0 aliphatic carbocycles. The van der Waals surface area contributed by atoms with Gasteiger partial charge in [-0.15, -0.1) is 0 Å². The molecule has 4 nitrogen and oxygen atoms in total. The highest BCUT2D eigenvalue weighted by atomic mass is 33.1. The lowest BCUT2D eigenvalue weighted by Crippen LogP contribution is -2.29. The molecule has 0 atom stereocenters. The highest BCUT2D eigenvalue weighted by molar-refractivity contribution is 8.72. The van der Waals surface area contributed by atoms with Crippen LogP contribution in [0.5, 0.6) is 0 Å². The van der Waals surface area contributed by atoms with Crippen molar-refractivity contribution in [3.05, 3.63) is 90.9 Å². The second-order valence-electron chi connectivity index (χ2n) is 6.48. The molecule has 0 saturated heterocycles. The number of pyridine rings is 1. The Hall–Kier alpha value is -2.90. The van der Waals surface area contributed by atoms with Crippen LogP contribution in [0.25, 0.3) is 10.9 Å². The van der Waals surface area contributed by atoms with Crippen molar-refractivity contribution >= 4 is 41.9 Å². The molecule has 3 aromatic carbocycles. The molecule has 1 N–H and O–H groups in total. The molecule has 0 bridgehead atoms. The van der Waals surface area contributed by atoms with Crippen LogP contribution in [0.4, 0.5) is 15.8 Å². The average Bonchev–Trinajstić information content (AvgIpc) is 2.73. The lowest BCUT2D eigenvalue weighted by Gasteiger charge is -2.14. The maximum absolute atomic E-state index is 13.3. The predicted molar refractivity (Wildman–Crippen MR) is 114 cm³/mol. The number of hydrogen-bond acceptors (Lipinski definition) is 4. The Balaban J connectivity index is 1.85. The minimum Gasteiger partial charge on any atom is -0.354 e. The van der Waals surface area contributed by atoms with Crippen LogP contribution in [0, 0.1) is 5.82 Å². The first kappa shape index (κ1) is 19.4. The van der Waals surface area contributed by atoms with Crippen molar-refractivity contribution in [2.45, 2.75) is 9.79 Å². The van der Waals surface area contributed by atoms with Gasteiger partial charge in [-0.05, 0) is 42.5 Å². The first-order chi connectivity index (χ1) is 13.9. The summed E-state index contributed by atoms with van der Waals surface area (Å²) in [6.45, 7) is 0. The normalized spacial score (nSPS) is 11.5. The van der Waals surface area contributed by atoms with Gasteiger partial charge in [0.05, 0.1) is 16.0 Å². The summed E-state index contributed by atoms with van der Waals surface area (Å²) in [7, 11) is -0.947. The Morgan fingerprint density at radius 3 is 2.28 bits per heavy atom. The number of fused-ring (bicyclic) bond motifs is 1. The lowest BCUT2D eigenvalue weighted by atomic mass is 10.1. The van der Waals surface area contributed by atoms with Gasteiger partial charge in [-0.3, -0.25) is 0 Å². The van der Waals surface area contributed by atoms with E-state index in [9.17, 15) is 12.8 Å². The number of para-hydroxylation sites is 1. The standard InChI is InChI=1S/C22H17FN2O2S2/c1-25-15-21(28-29(26,27)18-7-3-2-4-8-18)22(19-9-5-6-10-20(19)25)24-17-13-11-16(23)12-14-17/h2-15H,1H3/p+1. The quantitative estimate of drug-likeness (QED) is 0.360. The zero-order chi connectivity index (χ0) is 20.4. The fourth-order valence-electron chi connectivity index (χ4n) is 3.06. The third kappa shape index (κ3) is 4.11. The van der Waals surface area contributed by atoms with Crippen LogP contribution >= 0.6 is 10.8 Å². The van der Waals surface area contributed by atoms with Gasteiger partial charge in [0.1, 0.15) is 17.8 Å². The molecular weight excluding hydrogens is 407 g/mol. The maximum Gasteiger partial charge on any atom is 0.234 e. The average molecular weight is 426 g/mol. The van der Waals surface area contributed by atoms with E-state index in [1.165, 1.54) is 12.1 Å². The fourth-order valence-corrected chi connectivity index (χ4v) is 6.04. The SMILES string of the molecule is C[n+]1cc(SS(=O)(=O)c2ccccc2)c(Nc2ccc(F)cc2)c2ccccc21. The van der Waals surface area contributed by atoms with E-state index < -0.39 is 8.87 Å². The number of aryl methyl sites for hydroxylation is 1. The first-order valence-electron chi connectivity index (χ1n) is 8.87. The Labute approximate surface area is 172 Å². The van der Waals surface area contributed by atoms with Gasteiger partial charge in [0.2, 0.25) is 14.4 Å². The van der Waals surface area contributed by atoms with Gasteiger partial charge in [0, 0.05) is 22.5 Å². The van der Waals surface area contributed by atoms with E-state index in [2.05, 4.69) is 5.32 Å². The van der Waals surface area contributed by atoms with Crippen molar-refractivity contribution in [2.24, 2.45) is 7.05 Å². The summed E-state index contributed by atoms with van der Waals surface area (Å²) in [5.74, 6) is -0.332. The zero-order valence-electron chi connectivity index (χ0n) is 15.5. The second kappa shape index (κ2) is 7.85. The third-order valence-electron chi connectivity index (χ3n) is 4.46. The number of halogens is 1. The Morgan fingerprint density at radius 1 is 0.897 bits per heavy atom. The largest absolute Gasteiger partial charge is 0.354 e. The molecule has 4 rings (SSSR count). The molecule has 1 aromatic heterocycles. The first-order valence-corrected chi connectivity index (χ1v) is 11.7. The number of benzene rings is 3. The molecule has 0 fully saturated rings. The number of nitrogens with one attached hydrogen (secondary N) is 1. The summed E-state index contributed by atoms with van der Waals surface area (Å²) in [4.78, 5) is 0.799. The Kier molecular flexibility index (Phi) is 5.25. The van der Waals surface area contributed by atoms with E-state index >= 15 is 0 Å². The van der Waals surface area contributed by atoms with Crippen LogP contribution < -0.4 is 9.88 Å². The predicted octanol–water partition coefficient (Wildman–Crippen LogP) is 5.03. The van der Waals surface area contributed by atoms with Gasteiger partial charge < -0.3 is 5.32 Å². The lowest BCUT2D eigenvalue weighted by molar-refractivity contribution is -0.646. The second-order valence-corrected chi connectivity index (χ2v) is 10.3. The summed E-state index contributed by atoms with van der Waals surface area (Å²) in [5.41, 5.74) is 2.28. The number of rotatable bonds is 5. The van der Waals surface area contributed by atoms with Crippen LogP contribution in [0.1, 0.15) is 0 Å². The number of nitrogens with zero attached hydrogens (tertiary/aromatic N) is 1. The minimum atomic E-state index is -3.62. The van der Waals surface area contributed by atoms with Gasteiger partial charge in [-0.1, -0.05) is 30.3 Å². The molecule has 4 aromatic rings.